The Bertz CT molecular complexity index is 1050. The number of carbonyl (C=O) groups is 2. The van der Waals surface area contributed by atoms with Gasteiger partial charge < -0.3 is 9.84 Å². The highest BCUT2D eigenvalue weighted by atomic mass is 19.4. The number of hydrogen-bond donors (Lipinski definition) is 1. The predicted molar refractivity (Wildman–Crippen MR) is 90.8 cm³/mol. The summed E-state index contributed by atoms with van der Waals surface area (Å²) in [4.78, 5) is 24.3. The molecule has 8 heteroatoms. The largest absolute Gasteiger partial charge is 0.508 e. The molecule has 0 saturated heterocycles. The molecular weight excluding hydrogens is 363 g/mol. The van der Waals surface area contributed by atoms with Crippen molar-refractivity contribution in [2.45, 2.75) is 20.0 Å². The van der Waals surface area contributed by atoms with Gasteiger partial charge in [0.15, 0.2) is 5.75 Å². The number of hydrogen-bond acceptors (Lipinski definition) is 4. The Balaban J connectivity index is 2.14. The van der Waals surface area contributed by atoms with Gasteiger partial charge in [0, 0.05) is 17.9 Å². The minimum atomic E-state index is -4.50. The fourth-order valence-corrected chi connectivity index (χ4v) is 2.84. The van der Waals surface area contributed by atoms with Crippen molar-refractivity contribution >= 4 is 22.8 Å². The van der Waals surface area contributed by atoms with Crippen LogP contribution in [0.15, 0.2) is 42.5 Å². The van der Waals surface area contributed by atoms with Gasteiger partial charge in [-0.2, -0.15) is 13.2 Å². The van der Waals surface area contributed by atoms with E-state index >= 15 is 0 Å². The minimum Gasteiger partial charge on any atom is -0.508 e. The Kier molecular flexibility index (Phi) is 4.43. The molecule has 0 atom stereocenters. The SMILES string of the molecule is CC(=O)Oc1c(C)n(C(=O)c2ccc(C(F)(F)F)cc2)c2ccc(O)cc12. The lowest BCUT2D eigenvalue weighted by molar-refractivity contribution is -0.137. The van der Waals surface area contributed by atoms with Crippen LogP contribution in [0.2, 0.25) is 0 Å². The molecule has 0 amide bonds. The van der Waals surface area contributed by atoms with Crippen LogP contribution in [0.3, 0.4) is 0 Å². The van der Waals surface area contributed by atoms with Crippen molar-refractivity contribution in [3.63, 3.8) is 0 Å². The molecule has 1 N–H and O–H groups in total. The van der Waals surface area contributed by atoms with Crippen LogP contribution in [0, 0.1) is 6.92 Å². The van der Waals surface area contributed by atoms with Gasteiger partial charge in [0.05, 0.1) is 16.8 Å². The van der Waals surface area contributed by atoms with E-state index in [1.165, 1.54) is 36.6 Å². The Labute approximate surface area is 151 Å². The number of carbonyl (C=O) groups excluding carboxylic acids is 2. The highest BCUT2D eigenvalue weighted by Gasteiger charge is 2.30. The van der Waals surface area contributed by atoms with Gasteiger partial charge in [0.1, 0.15) is 5.75 Å². The zero-order valence-electron chi connectivity index (χ0n) is 14.3. The van der Waals surface area contributed by atoms with E-state index in [0.717, 1.165) is 24.3 Å². The number of rotatable bonds is 2. The molecular formula is C19H14F3NO4. The molecule has 1 heterocycles. The van der Waals surface area contributed by atoms with Crippen molar-refractivity contribution in [2.75, 3.05) is 0 Å². The van der Waals surface area contributed by atoms with E-state index in [-0.39, 0.29) is 22.8 Å². The van der Waals surface area contributed by atoms with Gasteiger partial charge in [-0.15, -0.1) is 0 Å². The molecule has 0 spiro atoms. The summed E-state index contributed by atoms with van der Waals surface area (Å²) in [6, 6.07) is 7.99. The lowest BCUT2D eigenvalue weighted by Gasteiger charge is -2.09. The van der Waals surface area contributed by atoms with Crippen molar-refractivity contribution in [3.8, 4) is 11.5 Å². The summed E-state index contributed by atoms with van der Waals surface area (Å²) < 4.78 is 44.6. The van der Waals surface area contributed by atoms with E-state index < -0.39 is 23.6 Å². The molecule has 0 aliphatic carbocycles. The molecule has 0 aliphatic rings. The third kappa shape index (κ3) is 3.38. The van der Waals surface area contributed by atoms with Crippen LogP contribution in [-0.4, -0.2) is 21.6 Å². The first-order chi connectivity index (χ1) is 12.6. The molecule has 2 aromatic carbocycles. The third-order valence-corrected chi connectivity index (χ3v) is 4.04. The average Bonchev–Trinajstić information content (AvgIpc) is 2.85. The van der Waals surface area contributed by atoms with Gasteiger partial charge in [0.25, 0.3) is 5.91 Å². The fraction of sp³-hybridized carbons (Fsp3) is 0.158. The molecule has 0 fully saturated rings. The molecule has 0 radical (unpaired) electrons. The molecule has 0 unspecified atom stereocenters. The number of aromatic hydroxyl groups is 1. The topological polar surface area (TPSA) is 68.5 Å². The predicted octanol–water partition coefficient (Wildman–Crippen LogP) is 4.29. The zero-order valence-corrected chi connectivity index (χ0v) is 14.3. The number of phenolic OH excluding ortho intramolecular Hbond substituents is 1. The summed E-state index contributed by atoms with van der Waals surface area (Å²) in [5.74, 6) is -1.18. The highest BCUT2D eigenvalue weighted by Crippen LogP contribution is 2.36. The average molecular weight is 377 g/mol. The van der Waals surface area contributed by atoms with E-state index in [0.29, 0.717) is 10.9 Å². The van der Waals surface area contributed by atoms with Gasteiger partial charge >= 0.3 is 12.1 Å². The summed E-state index contributed by atoms with van der Waals surface area (Å²) in [6.45, 7) is 2.74. The standard InChI is InChI=1S/C19H14F3NO4/c1-10-17(27-11(2)24)15-9-14(25)7-8-16(15)23(10)18(26)12-3-5-13(6-4-12)19(20,21)22/h3-9,25H,1-2H3. The molecule has 5 nitrogen and oxygen atoms in total. The molecule has 140 valence electrons. The van der Waals surface area contributed by atoms with E-state index in [1.54, 1.807) is 0 Å². The molecule has 27 heavy (non-hydrogen) atoms. The number of nitrogens with zero attached hydrogens (tertiary/aromatic N) is 1. The quantitative estimate of drug-likeness (QED) is 0.677. The number of phenols is 1. The van der Waals surface area contributed by atoms with Crippen LogP contribution in [0.5, 0.6) is 11.5 Å². The molecule has 0 bridgehead atoms. The maximum absolute atomic E-state index is 12.9. The maximum Gasteiger partial charge on any atom is 0.416 e. The van der Waals surface area contributed by atoms with Crippen molar-refractivity contribution in [3.05, 3.63) is 59.3 Å². The normalized spacial score (nSPS) is 11.6. The van der Waals surface area contributed by atoms with E-state index in [2.05, 4.69) is 0 Å². The third-order valence-electron chi connectivity index (χ3n) is 4.04. The van der Waals surface area contributed by atoms with Crippen LogP contribution in [-0.2, 0) is 11.0 Å². The van der Waals surface area contributed by atoms with E-state index in [9.17, 15) is 27.9 Å². The van der Waals surface area contributed by atoms with E-state index in [4.69, 9.17) is 4.74 Å². The summed E-state index contributed by atoms with van der Waals surface area (Å²) in [7, 11) is 0. The number of halogens is 3. The second-order valence-electron chi connectivity index (χ2n) is 5.93. The molecule has 3 rings (SSSR count). The number of ether oxygens (including phenoxy) is 1. The lowest BCUT2D eigenvalue weighted by Crippen LogP contribution is -2.14. The van der Waals surface area contributed by atoms with Gasteiger partial charge in [0.2, 0.25) is 0 Å². The maximum atomic E-state index is 12.9. The van der Waals surface area contributed by atoms with Crippen molar-refractivity contribution in [2.24, 2.45) is 0 Å². The molecule has 1 aromatic heterocycles. The summed E-state index contributed by atoms with van der Waals surface area (Å²) in [5.41, 5.74) is -0.189. The van der Waals surface area contributed by atoms with Crippen molar-refractivity contribution < 1.29 is 32.6 Å². The first kappa shape index (κ1) is 18.5. The highest BCUT2D eigenvalue weighted by molar-refractivity contribution is 6.05. The second kappa shape index (κ2) is 6.46. The first-order valence-electron chi connectivity index (χ1n) is 7.84. The Morgan fingerprint density at radius 1 is 1.07 bits per heavy atom. The van der Waals surface area contributed by atoms with Crippen LogP contribution >= 0.6 is 0 Å². The Hall–Kier alpha value is -3.29. The monoisotopic (exact) mass is 377 g/mol. The Morgan fingerprint density at radius 2 is 1.70 bits per heavy atom. The van der Waals surface area contributed by atoms with Gasteiger partial charge in [-0.1, -0.05) is 0 Å². The second-order valence-corrected chi connectivity index (χ2v) is 5.93. The van der Waals surface area contributed by atoms with Gasteiger partial charge in [-0.25, -0.2) is 0 Å². The molecule has 3 aromatic rings. The summed E-state index contributed by atoms with van der Waals surface area (Å²) in [5, 5.41) is 10.0. The van der Waals surface area contributed by atoms with Crippen LogP contribution < -0.4 is 4.74 Å². The lowest BCUT2D eigenvalue weighted by atomic mass is 10.1. The van der Waals surface area contributed by atoms with Crippen molar-refractivity contribution in [1.29, 1.82) is 0 Å². The number of alkyl halides is 3. The van der Waals surface area contributed by atoms with Crippen molar-refractivity contribution in [1.82, 2.24) is 4.57 Å². The first-order valence-corrected chi connectivity index (χ1v) is 7.84. The van der Waals surface area contributed by atoms with Crippen LogP contribution in [0.4, 0.5) is 13.2 Å². The van der Waals surface area contributed by atoms with Crippen LogP contribution in [0.1, 0.15) is 28.5 Å². The van der Waals surface area contributed by atoms with Gasteiger partial charge in [-0.3, -0.25) is 14.2 Å². The summed E-state index contributed by atoms with van der Waals surface area (Å²) >= 11 is 0. The number of aromatic nitrogens is 1. The number of esters is 1. The summed E-state index contributed by atoms with van der Waals surface area (Å²) in [6.07, 6.45) is -4.50. The molecule has 0 saturated carbocycles. The molecule has 0 aliphatic heterocycles. The smallest absolute Gasteiger partial charge is 0.416 e. The van der Waals surface area contributed by atoms with E-state index in [1.807, 2.05) is 0 Å². The van der Waals surface area contributed by atoms with Crippen LogP contribution in [0.25, 0.3) is 10.9 Å². The fourth-order valence-electron chi connectivity index (χ4n) is 2.84. The number of fused-ring (bicyclic) bond motifs is 1. The zero-order chi connectivity index (χ0) is 19.9. The Morgan fingerprint density at radius 3 is 2.26 bits per heavy atom. The van der Waals surface area contributed by atoms with Gasteiger partial charge in [-0.05, 0) is 49.4 Å². The minimum absolute atomic E-state index is 0.0328. The number of benzene rings is 2.